The van der Waals surface area contributed by atoms with Crippen LogP contribution in [0.3, 0.4) is 0 Å². The summed E-state index contributed by atoms with van der Waals surface area (Å²) in [5, 5.41) is 18.1. The molecule has 0 unspecified atom stereocenters. The van der Waals surface area contributed by atoms with Crippen LogP contribution >= 0.6 is 11.6 Å². The summed E-state index contributed by atoms with van der Waals surface area (Å²) in [5.41, 5.74) is -0.119. The molecule has 2 aromatic heterocycles. The van der Waals surface area contributed by atoms with Gasteiger partial charge < -0.3 is 5.32 Å². The minimum atomic E-state index is -0.505. The zero-order chi connectivity index (χ0) is 13.7. The highest BCUT2D eigenvalue weighted by Gasteiger charge is 2.15. The third-order valence-corrected chi connectivity index (χ3v) is 2.65. The number of rotatable bonds is 6. The molecule has 0 fully saturated rings. The second-order valence-corrected chi connectivity index (χ2v) is 4.26. The van der Waals surface area contributed by atoms with Gasteiger partial charge in [-0.1, -0.05) is 11.6 Å². The lowest BCUT2D eigenvalue weighted by molar-refractivity contribution is -0.384. The Morgan fingerprint density at radius 3 is 3.05 bits per heavy atom. The Labute approximate surface area is 114 Å². The summed E-state index contributed by atoms with van der Waals surface area (Å²) in [6.45, 7) is 1.30. The number of hydrogen-bond acceptors (Lipinski definition) is 5. The van der Waals surface area contributed by atoms with Crippen molar-refractivity contribution >= 4 is 23.1 Å². The molecule has 0 spiro atoms. The smallest absolute Gasteiger partial charge is 0.312 e. The molecule has 7 nitrogen and oxygen atoms in total. The first-order valence-electron chi connectivity index (χ1n) is 5.68. The molecule has 0 amide bonds. The molecule has 0 saturated heterocycles. The van der Waals surface area contributed by atoms with E-state index < -0.39 is 4.92 Å². The minimum absolute atomic E-state index is 0.119. The summed E-state index contributed by atoms with van der Waals surface area (Å²) in [6.07, 6.45) is 5.73. The fourth-order valence-electron chi connectivity index (χ4n) is 1.58. The predicted octanol–water partition coefficient (Wildman–Crippen LogP) is 2.34. The molecule has 0 radical (unpaired) electrons. The lowest BCUT2D eigenvalue weighted by Gasteiger charge is -2.06. The first kappa shape index (κ1) is 13.3. The largest absolute Gasteiger partial charge is 0.364 e. The molecular formula is C11H12ClN5O2. The van der Waals surface area contributed by atoms with E-state index in [1.54, 1.807) is 10.9 Å². The van der Waals surface area contributed by atoms with E-state index in [0.29, 0.717) is 6.54 Å². The van der Waals surface area contributed by atoms with Gasteiger partial charge in [0, 0.05) is 37.7 Å². The molecule has 2 aromatic rings. The number of pyridine rings is 1. The van der Waals surface area contributed by atoms with Gasteiger partial charge in [0.05, 0.1) is 9.95 Å². The maximum Gasteiger partial charge on any atom is 0.312 e. The molecule has 19 heavy (non-hydrogen) atoms. The molecule has 0 aliphatic heterocycles. The van der Waals surface area contributed by atoms with Crippen molar-refractivity contribution in [1.29, 1.82) is 0 Å². The summed E-state index contributed by atoms with van der Waals surface area (Å²) in [7, 11) is 0. The van der Waals surface area contributed by atoms with Gasteiger partial charge in [-0.25, -0.2) is 4.98 Å². The second kappa shape index (κ2) is 6.14. The average molecular weight is 282 g/mol. The average Bonchev–Trinajstić information content (AvgIpc) is 2.89. The van der Waals surface area contributed by atoms with Crippen LogP contribution < -0.4 is 5.32 Å². The van der Waals surface area contributed by atoms with Crippen molar-refractivity contribution in [1.82, 2.24) is 14.8 Å². The molecule has 2 rings (SSSR count). The van der Waals surface area contributed by atoms with Gasteiger partial charge in [-0.15, -0.1) is 0 Å². The molecule has 0 aromatic carbocycles. The summed E-state index contributed by atoms with van der Waals surface area (Å²) >= 11 is 5.68. The van der Waals surface area contributed by atoms with Crippen molar-refractivity contribution in [2.45, 2.75) is 13.0 Å². The SMILES string of the molecule is O=[N+]([O-])c1cc(Cl)cnc1NCCCn1cccn1. The number of halogens is 1. The summed E-state index contributed by atoms with van der Waals surface area (Å²) in [4.78, 5) is 14.3. The van der Waals surface area contributed by atoms with Crippen LogP contribution in [0.2, 0.25) is 5.02 Å². The van der Waals surface area contributed by atoms with Crippen LogP contribution in [0.5, 0.6) is 0 Å². The molecule has 1 N–H and O–H groups in total. The molecule has 100 valence electrons. The molecule has 0 saturated carbocycles. The maximum atomic E-state index is 10.8. The van der Waals surface area contributed by atoms with Crippen LogP contribution in [0.4, 0.5) is 11.5 Å². The van der Waals surface area contributed by atoms with E-state index in [9.17, 15) is 10.1 Å². The van der Waals surface area contributed by atoms with Gasteiger partial charge >= 0.3 is 5.69 Å². The Morgan fingerprint density at radius 2 is 2.37 bits per heavy atom. The third-order valence-electron chi connectivity index (χ3n) is 2.45. The van der Waals surface area contributed by atoms with E-state index >= 15 is 0 Å². The van der Waals surface area contributed by atoms with Gasteiger partial charge in [0.15, 0.2) is 0 Å². The quantitative estimate of drug-likeness (QED) is 0.499. The van der Waals surface area contributed by atoms with Gasteiger partial charge in [-0.2, -0.15) is 5.10 Å². The highest BCUT2D eigenvalue weighted by Crippen LogP contribution is 2.24. The van der Waals surface area contributed by atoms with Gasteiger partial charge in [-0.3, -0.25) is 14.8 Å². The fraction of sp³-hybridized carbons (Fsp3) is 0.273. The van der Waals surface area contributed by atoms with E-state index in [1.807, 2.05) is 12.3 Å². The van der Waals surface area contributed by atoms with E-state index in [-0.39, 0.29) is 16.5 Å². The number of nitrogens with zero attached hydrogens (tertiary/aromatic N) is 4. The van der Waals surface area contributed by atoms with Crippen molar-refractivity contribution in [3.63, 3.8) is 0 Å². The number of hydrogen-bond donors (Lipinski definition) is 1. The van der Waals surface area contributed by atoms with Crippen molar-refractivity contribution in [3.05, 3.63) is 45.9 Å². The first-order valence-corrected chi connectivity index (χ1v) is 6.06. The van der Waals surface area contributed by atoms with Crippen LogP contribution in [0.15, 0.2) is 30.7 Å². The van der Waals surface area contributed by atoms with Gasteiger partial charge in [0.25, 0.3) is 0 Å². The molecule has 0 atom stereocenters. The molecule has 0 aliphatic rings. The number of anilines is 1. The number of aryl methyl sites for hydroxylation is 1. The number of nitrogens with one attached hydrogen (secondary N) is 1. The van der Waals surface area contributed by atoms with E-state index in [0.717, 1.165) is 13.0 Å². The molecule has 8 heteroatoms. The second-order valence-electron chi connectivity index (χ2n) is 3.83. The topological polar surface area (TPSA) is 85.9 Å². The van der Waals surface area contributed by atoms with Crippen molar-refractivity contribution < 1.29 is 4.92 Å². The molecule has 0 aliphatic carbocycles. The zero-order valence-electron chi connectivity index (χ0n) is 9.99. The number of nitro groups is 1. The maximum absolute atomic E-state index is 10.8. The van der Waals surface area contributed by atoms with Gasteiger partial charge in [0.1, 0.15) is 0 Å². The van der Waals surface area contributed by atoms with E-state index in [2.05, 4.69) is 15.4 Å². The molecular weight excluding hydrogens is 270 g/mol. The minimum Gasteiger partial charge on any atom is -0.364 e. The predicted molar refractivity (Wildman–Crippen MR) is 71.2 cm³/mol. The number of aromatic nitrogens is 3. The van der Waals surface area contributed by atoms with E-state index in [4.69, 9.17) is 11.6 Å². The van der Waals surface area contributed by atoms with Gasteiger partial charge in [-0.05, 0) is 12.5 Å². The summed E-state index contributed by atoms with van der Waals surface area (Å²) in [5.74, 6) is 0.231. The van der Waals surface area contributed by atoms with Crippen LogP contribution in [0.25, 0.3) is 0 Å². The Balaban J connectivity index is 1.90. The Kier molecular flexibility index (Phi) is 4.30. The molecule has 0 bridgehead atoms. The first-order chi connectivity index (χ1) is 9.16. The van der Waals surface area contributed by atoms with Crippen LogP contribution in [-0.2, 0) is 6.54 Å². The Bertz CT molecular complexity index is 558. The van der Waals surface area contributed by atoms with Crippen molar-refractivity contribution in [2.75, 3.05) is 11.9 Å². The van der Waals surface area contributed by atoms with Crippen molar-refractivity contribution in [2.24, 2.45) is 0 Å². The monoisotopic (exact) mass is 281 g/mol. The third kappa shape index (κ3) is 3.65. The lowest BCUT2D eigenvalue weighted by atomic mass is 10.3. The van der Waals surface area contributed by atoms with Crippen LogP contribution in [0.1, 0.15) is 6.42 Å². The summed E-state index contributed by atoms with van der Waals surface area (Å²) < 4.78 is 1.80. The summed E-state index contributed by atoms with van der Waals surface area (Å²) in [6, 6.07) is 3.13. The standard InChI is InChI=1S/C11H12ClN5O2/c12-9-7-10(17(18)19)11(14-8-9)13-3-1-5-16-6-2-4-15-16/h2,4,6-8H,1,3,5H2,(H,13,14). The molecule has 2 heterocycles. The fourth-order valence-corrected chi connectivity index (χ4v) is 1.74. The van der Waals surface area contributed by atoms with E-state index in [1.165, 1.54) is 12.3 Å². The lowest BCUT2D eigenvalue weighted by Crippen LogP contribution is -2.09. The highest BCUT2D eigenvalue weighted by atomic mass is 35.5. The van der Waals surface area contributed by atoms with Crippen molar-refractivity contribution in [3.8, 4) is 0 Å². The van der Waals surface area contributed by atoms with Crippen LogP contribution in [0, 0.1) is 10.1 Å². The van der Waals surface area contributed by atoms with Gasteiger partial charge in [0.2, 0.25) is 5.82 Å². The Morgan fingerprint density at radius 1 is 1.53 bits per heavy atom. The zero-order valence-corrected chi connectivity index (χ0v) is 10.7. The Hall–Kier alpha value is -2.15. The highest BCUT2D eigenvalue weighted by molar-refractivity contribution is 6.30. The normalized spacial score (nSPS) is 10.4. The van der Waals surface area contributed by atoms with Crippen LogP contribution in [-0.4, -0.2) is 26.2 Å².